The third kappa shape index (κ3) is 2.07. The van der Waals surface area contributed by atoms with Gasteiger partial charge in [-0.25, -0.2) is 0 Å². The first kappa shape index (κ1) is 12.2. The minimum atomic E-state index is -4.63. The second kappa shape index (κ2) is 4.18. The lowest BCUT2D eigenvalue weighted by molar-refractivity contribution is -0.141. The van der Waals surface area contributed by atoms with Crippen molar-refractivity contribution in [2.45, 2.75) is 13.1 Å². The summed E-state index contributed by atoms with van der Waals surface area (Å²) in [6.45, 7) is 1.86. The normalized spacial score (nSPS) is 11.3. The molecule has 0 fully saturated rings. The Morgan fingerprint density at radius 2 is 1.83 bits per heavy atom. The SMILES string of the molecule is Cc1ccc(-c2[nH]nc(C(F)(F)F)c2C#N)cc1. The smallest absolute Gasteiger partial charge is 0.276 e. The van der Waals surface area contributed by atoms with E-state index in [1.165, 1.54) is 0 Å². The van der Waals surface area contributed by atoms with Crippen molar-refractivity contribution in [1.82, 2.24) is 10.2 Å². The molecule has 0 unspecified atom stereocenters. The van der Waals surface area contributed by atoms with Gasteiger partial charge in [0.1, 0.15) is 11.6 Å². The first-order valence-electron chi connectivity index (χ1n) is 5.06. The van der Waals surface area contributed by atoms with Crippen molar-refractivity contribution < 1.29 is 13.2 Å². The van der Waals surface area contributed by atoms with Crippen molar-refractivity contribution >= 4 is 0 Å². The predicted molar refractivity (Wildman–Crippen MR) is 58.5 cm³/mol. The molecular formula is C12H8F3N3. The number of aromatic amines is 1. The van der Waals surface area contributed by atoms with Gasteiger partial charge in [0.05, 0.1) is 5.69 Å². The molecule has 0 aliphatic heterocycles. The van der Waals surface area contributed by atoms with Crippen molar-refractivity contribution in [1.29, 1.82) is 5.26 Å². The van der Waals surface area contributed by atoms with Crippen LogP contribution in [0.4, 0.5) is 13.2 Å². The molecule has 0 atom stereocenters. The number of H-pyrrole nitrogens is 1. The maximum Gasteiger partial charge on any atom is 0.436 e. The zero-order chi connectivity index (χ0) is 13.3. The van der Waals surface area contributed by atoms with E-state index in [4.69, 9.17) is 5.26 Å². The summed E-state index contributed by atoms with van der Waals surface area (Å²) < 4.78 is 37.8. The highest BCUT2D eigenvalue weighted by Gasteiger charge is 2.38. The van der Waals surface area contributed by atoms with E-state index < -0.39 is 17.4 Å². The van der Waals surface area contributed by atoms with Gasteiger partial charge in [0.25, 0.3) is 0 Å². The van der Waals surface area contributed by atoms with E-state index in [2.05, 4.69) is 10.2 Å². The number of rotatable bonds is 1. The van der Waals surface area contributed by atoms with Crippen LogP contribution in [0.2, 0.25) is 0 Å². The Hall–Kier alpha value is -2.29. The van der Waals surface area contributed by atoms with E-state index in [0.717, 1.165) is 5.56 Å². The van der Waals surface area contributed by atoms with E-state index >= 15 is 0 Å². The highest BCUT2D eigenvalue weighted by Crippen LogP contribution is 2.34. The summed E-state index contributed by atoms with van der Waals surface area (Å²) in [5.74, 6) is 0. The Morgan fingerprint density at radius 1 is 1.22 bits per heavy atom. The lowest BCUT2D eigenvalue weighted by atomic mass is 10.1. The summed E-state index contributed by atoms with van der Waals surface area (Å²) in [7, 11) is 0. The van der Waals surface area contributed by atoms with Crippen LogP contribution in [0.25, 0.3) is 11.3 Å². The Labute approximate surface area is 101 Å². The number of nitrogens with zero attached hydrogens (tertiary/aromatic N) is 2. The minimum Gasteiger partial charge on any atom is -0.276 e. The standard InChI is InChI=1S/C12H8F3N3/c1-7-2-4-8(5-3-7)10-9(6-16)11(18-17-10)12(13,14)15/h2-5H,1H3,(H,17,18). The maximum atomic E-state index is 12.6. The molecule has 0 aliphatic rings. The molecule has 92 valence electrons. The summed E-state index contributed by atoms with van der Waals surface area (Å²) in [6, 6.07) is 8.34. The van der Waals surface area contributed by atoms with Crippen molar-refractivity contribution in [3.63, 3.8) is 0 Å². The fourth-order valence-corrected chi connectivity index (χ4v) is 1.59. The van der Waals surface area contributed by atoms with Crippen LogP contribution in [0, 0.1) is 18.3 Å². The summed E-state index contributed by atoms with van der Waals surface area (Å²) in [6.07, 6.45) is -4.63. The molecule has 0 bridgehead atoms. The van der Waals surface area contributed by atoms with E-state index in [1.807, 2.05) is 6.92 Å². The molecule has 2 rings (SSSR count). The molecule has 0 saturated heterocycles. The number of hydrogen-bond donors (Lipinski definition) is 1. The summed E-state index contributed by atoms with van der Waals surface area (Å²) in [5, 5.41) is 14.3. The molecule has 1 heterocycles. The maximum absolute atomic E-state index is 12.6. The van der Waals surface area contributed by atoms with Gasteiger partial charge in [-0.3, -0.25) is 5.10 Å². The van der Waals surface area contributed by atoms with E-state index in [1.54, 1.807) is 30.3 Å². The zero-order valence-electron chi connectivity index (χ0n) is 9.34. The van der Waals surface area contributed by atoms with Crippen LogP contribution in [0.5, 0.6) is 0 Å². The van der Waals surface area contributed by atoms with Gasteiger partial charge < -0.3 is 0 Å². The molecule has 0 amide bonds. The van der Waals surface area contributed by atoms with Gasteiger partial charge in [-0.1, -0.05) is 29.8 Å². The molecule has 2 aromatic rings. The number of aryl methyl sites for hydroxylation is 1. The van der Waals surface area contributed by atoms with Crippen LogP contribution in [0.1, 0.15) is 16.8 Å². The molecule has 18 heavy (non-hydrogen) atoms. The quantitative estimate of drug-likeness (QED) is 0.845. The summed E-state index contributed by atoms with van der Waals surface area (Å²) in [5.41, 5.74) is -0.0929. The van der Waals surface area contributed by atoms with Crippen molar-refractivity contribution in [2.75, 3.05) is 0 Å². The van der Waals surface area contributed by atoms with Crippen molar-refractivity contribution in [3.8, 4) is 17.3 Å². The molecule has 3 nitrogen and oxygen atoms in total. The molecule has 0 radical (unpaired) electrons. The van der Waals surface area contributed by atoms with Crippen LogP contribution in [0.15, 0.2) is 24.3 Å². The lowest BCUT2D eigenvalue weighted by Gasteiger charge is -2.02. The van der Waals surface area contributed by atoms with Crippen LogP contribution < -0.4 is 0 Å². The number of nitrogens with one attached hydrogen (secondary N) is 1. The molecule has 0 saturated carbocycles. The molecule has 1 N–H and O–H groups in total. The third-order valence-electron chi connectivity index (χ3n) is 2.49. The average Bonchev–Trinajstić information content (AvgIpc) is 2.73. The number of benzene rings is 1. The average molecular weight is 251 g/mol. The van der Waals surface area contributed by atoms with Gasteiger partial charge in [0, 0.05) is 5.56 Å². The summed E-state index contributed by atoms with van der Waals surface area (Å²) >= 11 is 0. The monoisotopic (exact) mass is 251 g/mol. The second-order valence-electron chi connectivity index (χ2n) is 3.80. The molecule has 1 aromatic heterocycles. The zero-order valence-corrected chi connectivity index (χ0v) is 9.34. The topological polar surface area (TPSA) is 52.5 Å². The molecule has 0 aliphatic carbocycles. The van der Waals surface area contributed by atoms with E-state index in [9.17, 15) is 13.2 Å². The minimum absolute atomic E-state index is 0.0878. The van der Waals surface area contributed by atoms with Crippen LogP contribution in [-0.4, -0.2) is 10.2 Å². The van der Waals surface area contributed by atoms with Crippen LogP contribution in [-0.2, 0) is 6.18 Å². The second-order valence-corrected chi connectivity index (χ2v) is 3.80. The Kier molecular flexibility index (Phi) is 2.83. The third-order valence-corrected chi connectivity index (χ3v) is 2.49. The Balaban J connectivity index is 2.57. The van der Waals surface area contributed by atoms with Crippen LogP contribution in [0.3, 0.4) is 0 Å². The first-order valence-corrected chi connectivity index (χ1v) is 5.06. The van der Waals surface area contributed by atoms with Gasteiger partial charge in [-0.15, -0.1) is 0 Å². The highest BCUT2D eigenvalue weighted by molar-refractivity contribution is 5.68. The lowest BCUT2D eigenvalue weighted by Crippen LogP contribution is -2.07. The first-order chi connectivity index (χ1) is 8.43. The molecule has 1 aromatic carbocycles. The largest absolute Gasteiger partial charge is 0.436 e. The number of hydrogen-bond acceptors (Lipinski definition) is 2. The van der Waals surface area contributed by atoms with E-state index in [0.29, 0.717) is 5.56 Å². The van der Waals surface area contributed by atoms with Gasteiger partial charge in [0.2, 0.25) is 0 Å². The van der Waals surface area contributed by atoms with Gasteiger partial charge >= 0.3 is 6.18 Å². The molecule has 6 heteroatoms. The Bertz CT molecular complexity index is 603. The fraction of sp³-hybridized carbons (Fsp3) is 0.167. The number of alkyl halides is 3. The number of halogens is 3. The van der Waals surface area contributed by atoms with Gasteiger partial charge in [-0.05, 0) is 6.92 Å². The number of nitriles is 1. The van der Waals surface area contributed by atoms with Crippen molar-refractivity contribution in [2.24, 2.45) is 0 Å². The molecule has 0 spiro atoms. The number of aromatic nitrogens is 2. The molecular weight excluding hydrogens is 243 g/mol. The van der Waals surface area contributed by atoms with Crippen molar-refractivity contribution in [3.05, 3.63) is 41.1 Å². The van der Waals surface area contributed by atoms with Gasteiger partial charge in [-0.2, -0.15) is 23.5 Å². The highest BCUT2D eigenvalue weighted by atomic mass is 19.4. The fourth-order valence-electron chi connectivity index (χ4n) is 1.59. The van der Waals surface area contributed by atoms with Crippen LogP contribution >= 0.6 is 0 Å². The van der Waals surface area contributed by atoms with Gasteiger partial charge in [0.15, 0.2) is 5.69 Å². The predicted octanol–water partition coefficient (Wildman–Crippen LogP) is 3.28. The Morgan fingerprint density at radius 3 is 2.33 bits per heavy atom. The summed E-state index contributed by atoms with van der Waals surface area (Å²) in [4.78, 5) is 0. The van der Waals surface area contributed by atoms with E-state index in [-0.39, 0.29) is 5.69 Å².